The summed E-state index contributed by atoms with van der Waals surface area (Å²) in [6.45, 7) is 2.00. The van der Waals surface area contributed by atoms with Crippen LogP contribution in [0.1, 0.15) is 11.1 Å². The van der Waals surface area contributed by atoms with E-state index in [2.05, 4.69) is 0 Å². The van der Waals surface area contributed by atoms with Crippen LogP contribution in [-0.2, 0) is 12.7 Å². The third-order valence-corrected chi connectivity index (χ3v) is 3.39. The van der Waals surface area contributed by atoms with E-state index in [9.17, 15) is 18.0 Å². The molecule has 2 rings (SSSR count). The molecule has 0 saturated carbocycles. The van der Waals surface area contributed by atoms with Crippen molar-refractivity contribution < 1.29 is 23.1 Å². The second kappa shape index (κ2) is 5.80. The zero-order chi connectivity index (χ0) is 15.6. The number of anilines is 1. The first-order chi connectivity index (χ1) is 9.75. The molecule has 0 spiro atoms. The molecular weight excluding hydrogens is 287 g/mol. The van der Waals surface area contributed by atoms with Crippen LogP contribution >= 0.6 is 0 Å². The van der Waals surface area contributed by atoms with E-state index >= 15 is 0 Å². The van der Waals surface area contributed by atoms with Crippen LogP contribution in [0.4, 0.5) is 23.7 Å². The van der Waals surface area contributed by atoms with Gasteiger partial charge in [0.25, 0.3) is 0 Å². The maximum absolute atomic E-state index is 12.7. The summed E-state index contributed by atoms with van der Waals surface area (Å²) in [5.41, 5.74) is 5.31. The zero-order valence-corrected chi connectivity index (χ0v) is 11.2. The molecule has 1 aromatic carbocycles. The Morgan fingerprint density at radius 3 is 2.33 bits per heavy atom. The fourth-order valence-corrected chi connectivity index (χ4v) is 2.33. The van der Waals surface area contributed by atoms with Gasteiger partial charge >= 0.3 is 12.3 Å². The molecule has 1 saturated heterocycles. The Morgan fingerprint density at radius 1 is 1.19 bits per heavy atom. The Morgan fingerprint density at radius 2 is 1.81 bits per heavy atom. The molecule has 5 nitrogen and oxygen atoms in total. The van der Waals surface area contributed by atoms with Gasteiger partial charge in [0, 0.05) is 38.4 Å². The third-order valence-electron chi connectivity index (χ3n) is 3.39. The number of nitrogens with two attached hydrogens (primary N) is 1. The highest BCUT2D eigenvalue weighted by Crippen LogP contribution is 2.31. The lowest BCUT2D eigenvalue weighted by atomic mass is 10.1. The van der Waals surface area contributed by atoms with E-state index in [4.69, 9.17) is 10.8 Å². The van der Waals surface area contributed by atoms with Gasteiger partial charge in [-0.05, 0) is 23.8 Å². The molecule has 0 unspecified atom stereocenters. The number of hydrogen-bond donors (Lipinski definition) is 2. The summed E-state index contributed by atoms with van der Waals surface area (Å²) in [7, 11) is 0. The number of halogens is 3. The van der Waals surface area contributed by atoms with E-state index < -0.39 is 17.8 Å². The first-order valence-corrected chi connectivity index (χ1v) is 6.42. The number of alkyl halides is 3. The van der Waals surface area contributed by atoms with Crippen molar-refractivity contribution in [1.29, 1.82) is 0 Å². The van der Waals surface area contributed by atoms with Crippen LogP contribution < -0.4 is 5.73 Å². The van der Waals surface area contributed by atoms with Crippen molar-refractivity contribution in [3.8, 4) is 0 Å². The van der Waals surface area contributed by atoms with E-state index in [-0.39, 0.29) is 5.69 Å². The molecule has 0 atom stereocenters. The lowest BCUT2D eigenvalue weighted by Crippen LogP contribution is -2.47. The number of carboxylic acid groups (broad SMARTS) is 1. The molecule has 21 heavy (non-hydrogen) atoms. The van der Waals surface area contributed by atoms with Crippen LogP contribution in [0.3, 0.4) is 0 Å². The van der Waals surface area contributed by atoms with Gasteiger partial charge < -0.3 is 15.7 Å². The summed E-state index contributed by atoms with van der Waals surface area (Å²) in [6, 6.07) is 3.50. The third kappa shape index (κ3) is 4.01. The zero-order valence-electron chi connectivity index (χ0n) is 11.2. The number of amides is 1. The van der Waals surface area contributed by atoms with Gasteiger partial charge in [0.15, 0.2) is 0 Å². The van der Waals surface area contributed by atoms with Crippen LogP contribution in [0.25, 0.3) is 0 Å². The number of benzene rings is 1. The summed E-state index contributed by atoms with van der Waals surface area (Å²) in [6.07, 6.45) is -5.40. The van der Waals surface area contributed by atoms with E-state index in [1.165, 1.54) is 11.0 Å². The van der Waals surface area contributed by atoms with Gasteiger partial charge in [0.1, 0.15) is 0 Å². The highest BCUT2D eigenvalue weighted by molar-refractivity contribution is 5.65. The fraction of sp³-hybridized carbons (Fsp3) is 0.462. The number of nitrogens with zero attached hydrogens (tertiary/aromatic N) is 2. The SMILES string of the molecule is Nc1cc(CN2CCN(C(=O)O)CC2)cc(C(F)(F)F)c1. The maximum atomic E-state index is 12.7. The predicted molar refractivity (Wildman–Crippen MR) is 70.7 cm³/mol. The Labute approximate surface area is 119 Å². The number of hydrogen-bond acceptors (Lipinski definition) is 3. The summed E-state index contributed by atoms with van der Waals surface area (Å²) >= 11 is 0. The second-order valence-corrected chi connectivity index (χ2v) is 5.01. The average molecular weight is 303 g/mol. The molecule has 1 aliphatic heterocycles. The molecule has 116 valence electrons. The first-order valence-electron chi connectivity index (χ1n) is 6.42. The van der Waals surface area contributed by atoms with Crippen LogP contribution in [0.5, 0.6) is 0 Å². The van der Waals surface area contributed by atoms with Crippen molar-refractivity contribution in [2.75, 3.05) is 31.9 Å². The van der Waals surface area contributed by atoms with Crippen molar-refractivity contribution >= 4 is 11.8 Å². The van der Waals surface area contributed by atoms with E-state index in [0.717, 1.165) is 12.1 Å². The molecule has 1 heterocycles. The smallest absolute Gasteiger partial charge is 0.416 e. The summed E-state index contributed by atoms with van der Waals surface area (Å²) in [4.78, 5) is 14.0. The van der Waals surface area contributed by atoms with Gasteiger partial charge in [-0.25, -0.2) is 4.79 Å². The quantitative estimate of drug-likeness (QED) is 0.821. The molecule has 1 fully saturated rings. The van der Waals surface area contributed by atoms with Gasteiger partial charge in [0.05, 0.1) is 5.56 Å². The molecule has 1 amide bonds. The molecule has 0 aliphatic carbocycles. The van der Waals surface area contributed by atoms with Gasteiger partial charge in [0.2, 0.25) is 0 Å². The summed E-state index contributed by atoms with van der Waals surface area (Å²) in [5, 5.41) is 8.84. The highest BCUT2D eigenvalue weighted by Gasteiger charge is 2.31. The van der Waals surface area contributed by atoms with Crippen molar-refractivity contribution in [3.05, 3.63) is 29.3 Å². The van der Waals surface area contributed by atoms with E-state index in [1.807, 2.05) is 4.90 Å². The molecule has 1 aromatic rings. The van der Waals surface area contributed by atoms with Crippen LogP contribution in [0, 0.1) is 0 Å². The highest BCUT2D eigenvalue weighted by atomic mass is 19.4. The lowest BCUT2D eigenvalue weighted by molar-refractivity contribution is -0.137. The predicted octanol–water partition coefficient (Wildman–Crippen LogP) is 2.08. The number of carbonyl (C=O) groups is 1. The number of piperazine rings is 1. The molecule has 8 heteroatoms. The Bertz CT molecular complexity index is 526. The minimum atomic E-state index is -4.42. The van der Waals surface area contributed by atoms with Crippen molar-refractivity contribution in [3.63, 3.8) is 0 Å². The largest absolute Gasteiger partial charge is 0.465 e. The van der Waals surface area contributed by atoms with Gasteiger partial charge in [-0.15, -0.1) is 0 Å². The van der Waals surface area contributed by atoms with Crippen molar-refractivity contribution in [2.24, 2.45) is 0 Å². The summed E-state index contributed by atoms with van der Waals surface area (Å²) < 4.78 is 38.2. The average Bonchev–Trinajstić information content (AvgIpc) is 2.37. The van der Waals surface area contributed by atoms with Crippen LogP contribution in [0.15, 0.2) is 18.2 Å². The van der Waals surface area contributed by atoms with Crippen molar-refractivity contribution in [1.82, 2.24) is 9.80 Å². The number of nitrogen functional groups attached to an aromatic ring is 1. The lowest BCUT2D eigenvalue weighted by Gasteiger charge is -2.33. The minimum Gasteiger partial charge on any atom is -0.465 e. The van der Waals surface area contributed by atoms with E-state index in [0.29, 0.717) is 38.3 Å². The monoisotopic (exact) mass is 303 g/mol. The molecular formula is C13H16F3N3O2. The fourth-order valence-electron chi connectivity index (χ4n) is 2.33. The van der Waals surface area contributed by atoms with Crippen molar-refractivity contribution in [2.45, 2.75) is 12.7 Å². The topological polar surface area (TPSA) is 69.8 Å². The second-order valence-electron chi connectivity index (χ2n) is 5.01. The Balaban J connectivity index is 2.04. The standard InChI is InChI=1S/C13H16F3N3O2/c14-13(15,16)10-5-9(6-11(17)7-10)8-18-1-3-19(4-2-18)12(20)21/h5-7H,1-4,8,17H2,(H,20,21). The molecule has 0 bridgehead atoms. The normalized spacial score (nSPS) is 17.0. The minimum absolute atomic E-state index is 0.0731. The first kappa shape index (κ1) is 15.4. The molecule has 0 aromatic heterocycles. The molecule has 1 aliphatic rings. The van der Waals surface area contributed by atoms with E-state index in [1.54, 1.807) is 0 Å². The van der Waals surface area contributed by atoms with Crippen LogP contribution in [-0.4, -0.2) is 47.2 Å². The van der Waals surface area contributed by atoms with Gasteiger partial charge in [-0.2, -0.15) is 13.2 Å². The number of rotatable bonds is 2. The van der Waals surface area contributed by atoms with Gasteiger partial charge in [-0.3, -0.25) is 4.90 Å². The Kier molecular flexibility index (Phi) is 4.26. The van der Waals surface area contributed by atoms with Gasteiger partial charge in [-0.1, -0.05) is 0 Å². The summed E-state index contributed by atoms with van der Waals surface area (Å²) in [5.74, 6) is 0. The molecule has 0 radical (unpaired) electrons. The Hall–Kier alpha value is -1.96. The maximum Gasteiger partial charge on any atom is 0.416 e. The van der Waals surface area contributed by atoms with Crippen LogP contribution in [0.2, 0.25) is 0 Å². The molecule has 3 N–H and O–H groups in total.